The van der Waals surface area contributed by atoms with Crippen LogP contribution in [0.1, 0.15) is 5.56 Å². The van der Waals surface area contributed by atoms with Gasteiger partial charge in [0, 0.05) is 24.2 Å². The van der Waals surface area contributed by atoms with E-state index in [9.17, 15) is 13.2 Å². The van der Waals surface area contributed by atoms with Gasteiger partial charge in [-0.2, -0.15) is 13.1 Å². The monoisotopic (exact) mass is 330 g/mol. The van der Waals surface area contributed by atoms with Gasteiger partial charge >= 0.3 is 0 Å². The first-order chi connectivity index (χ1) is 10.9. The number of pyridine rings is 2. The van der Waals surface area contributed by atoms with Crippen molar-refractivity contribution in [1.29, 1.82) is 0 Å². The van der Waals surface area contributed by atoms with Crippen LogP contribution in [-0.4, -0.2) is 18.4 Å². The van der Waals surface area contributed by atoms with Gasteiger partial charge in [-0.25, -0.2) is 10.1 Å². The topological polar surface area (TPSA) is 118 Å². The minimum Gasteiger partial charge on any atom is -0.307 e. The van der Waals surface area contributed by atoms with Crippen LogP contribution in [0.5, 0.6) is 0 Å². The van der Waals surface area contributed by atoms with Crippen LogP contribution >= 0.6 is 0 Å². The zero-order chi connectivity index (χ0) is 16.4. The van der Waals surface area contributed by atoms with Crippen LogP contribution in [-0.2, 0) is 16.8 Å². The molecule has 0 spiro atoms. The van der Waals surface area contributed by atoms with E-state index in [-0.39, 0.29) is 12.1 Å². The largest absolute Gasteiger partial charge is 0.307 e. The molecule has 0 radical (unpaired) electrons. The first kappa shape index (κ1) is 15.3. The quantitative estimate of drug-likeness (QED) is 0.658. The summed E-state index contributed by atoms with van der Waals surface area (Å²) in [4.78, 5) is 18.2. The third kappa shape index (κ3) is 3.62. The Balaban J connectivity index is 1.95. The van der Waals surface area contributed by atoms with Gasteiger partial charge in [-0.1, -0.05) is 24.3 Å². The molecular formula is C15H14N4O3S. The lowest BCUT2D eigenvalue weighted by molar-refractivity contribution is 0.583. The van der Waals surface area contributed by atoms with Crippen molar-refractivity contribution in [3.05, 3.63) is 64.6 Å². The standard InChI is InChI=1S/C15H14N4O3S/c16-23(21,22)18-9-10-1-3-11(4-2-10)12-7-8-17-15-13(12)5-6-14(20)19-15/h1-8,18H,9H2,(H2,16,21,22)(H,17,19,20). The summed E-state index contributed by atoms with van der Waals surface area (Å²) < 4.78 is 24.0. The van der Waals surface area contributed by atoms with E-state index in [0.717, 1.165) is 22.1 Å². The summed E-state index contributed by atoms with van der Waals surface area (Å²) in [5.41, 5.74) is 2.97. The van der Waals surface area contributed by atoms with E-state index in [4.69, 9.17) is 5.14 Å². The lowest BCUT2D eigenvalue weighted by Crippen LogP contribution is -2.30. The Labute approximate surface area is 132 Å². The molecule has 1 aromatic carbocycles. The Kier molecular flexibility index (Phi) is 3.95. The molecule has 0 amide bonds. The second-order valence-corrected chi connectivity index (χ2v) is 6.39. The van der Waals surface area contributed by atoms with Gasteiger partial charge in [0.15, 0.2) is 0 Å². The fourth-order valence-corrected chi connectivity index (χ4v) is 2.66. The van der Waals surface area contributed by atoms with Crippen LogP contribution in [0, 0.1) is 0 Å². The molecular weight excluding hydrogens is 316 g/mol. The van der Waals surface area contributed by atoms with Gasteiger partial charge in [0.1, 0.15) is 5.65 Å². The van der Waals surface area contributed by atoms with Crippen molar-refractivity contribution in [3.8, 4) is 11.1 Å². The lowest BCUT2D eigenvalue weighted by atomic mass is 10.0. The number of aromatic amines is 1. The summed E-state index contributed by atoms with van der Waals surface area (Å²) in [5, 5.41) is 5.74. The molecule has 0 saturated heterocycles. The molecule has 2 heterocycles. The van der Waals surface area contributed by atoms with Crippen LogP contribution in [0.4, 0.5) is 0 Å². The van der Waals surface area contributed by atoms with Crippen molar-refractivity contribution in [1.82, 2.24) is 14.7 Å². The number of aromatic nitrogens is 2. The number of hydrogen-bond donors (Lipinski definition) is 3. The van der Waals surface area contributed by atoms with Gasteiger partial charge in [0.2, 0.25) is 5.56 Å². The van der Waals surface area contributed by atoms with Crippen LogP contribution in [0.15, 0.2) is 53.5 Å². The van der Waals surface area contributed by atoms with Crippen molar-refractivity contribution in [2.45, 2.75) is 6.54 Å². The number of rotatable bonds is 4. The molecule has 3 rings (SSSR count). The highest BCUT2D eigenvalue weighted by molar-refractivity contribution is 7.87. The van der Waals surface area contributed by atoms with Crippen molar-refractivity contribution in [2.75, 3.05) is 0 Å². The van der Waals surface area contributed by atoms with Crippen LogP contribution < -0.4 is 15.4 Å². The maximum atomic E-state index is 11.4. The summed E-state index contributed by atoms with van der Waals surface area (Å²) in [7, 11) is -3.71. The van der Waals surface area contributed by atoms with Crippen molar-refractivity contribution < 1.29 is 8.42 Å². The molecule has 118 valence electrons. The minimum absolute atomic E-state index is 0.128. The molecule has 8 heteroatoms. The number of nitrogens with zero attached hydrogens (tertiary/aromatic N) is 1. The van der Waals surface area contributed by atoms with Gasteiger partial charge < -0.3 is 4.98 Å². The summed E-state index contributed by atoms with van der Waals surface area (Å²) in [5.74, 6) is 0. The number of benzene rings is 1. The van der Waals surface area contributed by atoms with E-state index in [2.05, 4.69) is 14.7 Å². The number of nitrogens with one attached hydrogen (secondary N) is 2. The maximum Gasteiger partial charge on any atom is 0.274 e. The first-order valence-corrected chi connectivity index (χ1v) is 8.32. The molecule has 2 aromatic heterocycles. The fourth-order valence-electron chi connectivity index (χ4n) is 2.30. The van der Waals surface area contributed by atoms with Gasteiger partial charge in [-0.3, -0.25) is 4.79 Å². The van der Waals surface area contributed by atoms with Gasteiger partial charge in [0.05, 0.1) is 0 Å². The summed E-state index contributed by atoms with van der Waals surface area (Å²) >= 11 is 0. The molecule has 0 saturated carbocycles. The SMILES string of the molecule is NS(=O)(=O)NCc1ccc(-c2ccnc3[nH]c(=O)ccc23)cc1. The van der Waals surface area contributed by atoms with Crippen molar-refractivity contribution in [2.24, 2.45) is 5.14 Å². The van der Waals surface area contributed by atoms with E-state index in [1.807, 2.05) is 30.3 Å². The highest BCUT2D eigenvalue weighted by Crippen LogP contribution is 2.26. The van der Waals surface area contributed by atoms with E-state index in [1.165, 1.54) is 6.07 Å². The smallest absolute Gasteiger partial charge is 0.274 e. The number of fused-ring (bicyclic) bond motifs is 1. The Morgan fingerprint density at radius 3 is 2.52 bits per heavy atom. The van der Waals surface area contributed by atoms with E-state index < -0.39 is 10.2 Å². The summed E-state index contributed by atoms with van der Waals surface area (Å²) in [6, 6.07) is 12.4. The first-order valence-electron chi connectivity index (χ1n) is 6.77. The number of hydrogen-bond acceptors (Lipinski definition) is 4. The van der Waals surface area contributed by atoms with Gasteiger partial charge in [-0.05, 0) is 28.8 Å². The normalized spacial score (nSPS) is 11.7. The van der Waals surface area contributed by atoms with E-state index in [1.54, 1.807) is 12.3 Å². The number of nitrogens with two attached hydrogens (primary N) is 1. The molecule has 0 aliphatic carbocycles. The average molecular weight is 330 g/mol. The molecule has 0 bridgehead atoms. The van der Waals surface area contributed by atoms with Gasteiger partial charge in [-0.15, -0.1) is 0 Å². The zero-order valence-corrected chi connectivity index (χ0v) is 12.8. The Morgan fingerprint density at radius 2 is 1.83 bits per heavy atom. The predicted molar refractivity (Wildman–Crippen MR) is 87.7 cm³/mol. The summed E-state index contributed by atoms with van der Waals surface area (Å²) in [6.07, 6.45) is 1.63. The third-order valence-corrected chi connectivity index (χ3v) is 3.92. The van der Waals surface area contributed by atoms with E-state index >= 15 is 0 Å². The summed E-state index contributed by atoms with van der Waals surface area (Å²) in [6.45, 7) is 0.128. The molecule has 0 unspecified atom stereocenters. The molecule has 3 aromatic rings. The van der Waals surface area contributed by atoms with Crippen LogP contribution in [0.25, 0.3) is 22.2 Å². The molecule has 23 heavy (non-hydrogen) atoms. The second kappa shape index (κ2) is 5.92. The molecule has 0 fully saturated rings. The predicted octanol–water partition coefficient (Wildman–Crippen LogP) is 0.883. The third-order valence-electron chi connectivity index (χ3n) is 3.38. The number of H-pyrrole nitrogens is 1. The Bertz CT molecular complexity index is 1010. The molecule has 0 aliphatic heterocycles. The lowest BCUT2D eigenvalue weighted by Gasteiger charge is -2.07. The highest BCUT2D eigenvalue weighted by atomic mass is 32.2. The molecule has 7 nitrogen and oxygen atoms in total. The average Bonchev–Trinajstić information content (AvgIpc) is 2.52. The molecule has 4 N–H and O–H groups in total. The van der Waals surface area contributed by atoms with Crippen molar-refractivity contribution in [3.63, 3.8) is 0 Å². The van der Waals surface area contributed by atoms with E-state index in [0.29, 0.717) is 5.65 Å². The maximum absolute atomic E-state index is 11.4. The fraction of sp³-hybridized carbons (Fsp3) is 0.0667. The minimum atomic E-state index is -3.71. The highest BCUT2D eigenvalue weighted by Gasteiger charge is 2.06. The Hall–Kier alpha value is -2.55. The van der Waals surface area contributed by atoms with Crippen LogP contribution in [0.3, 0.4) is 0 Å². The second-order valence-electron chi connectivity index (χ2n) is 5.01. The van der Waals surface area contributed by atoms with Crippen molar-refractivity contribution >= 4 is 21.2 Å². The molecule has 0 atom stereocenters. The Morgan fingerprint density at radius 1 is 1.09 bits per heavy atom. The zero-order valence-electron chi connectivity index (χ0n) is 12.0. The van der Waals surface area contributed by atoms with Crippen LogP contribution in [0.2, 0.25) is 0 Å². The van der Waals surface area contributed by atoms with Gasteiger partial charge in [0.25, 0.3) is 10.2 Å². The molecule has 0 aliphatic rings.